The summed E-state index contributed by atoms with van der Waals surface area (Å²) in [6, 6.07) is 21.0. The quantitative estimate of drug-likeness (QED) is 0.103. The van der Waals surface area contributed by atoms with Crippen LogP contribution in [0.4, 0.5) is 11.4 Å². The fourth-order valence-corrected chi connectivity index (χ4v) is 7.54. The molecule has 1 aliphatic heterocycles. The molecule has 51 heavy (non-hydrogen) atoms. The van der Waals surface area contributed by atoms with Crippen molar-refractivity contribution >= 4 is 63.0 Å². The molecule has 4 rings (SSSR count). The summed E-state index contributed by atoms with van der Waals surface area (Å²) >= 11 is 0. The van der Waals surface area contributed by atoms with Gasteiger partial charge in [0.05, 0.1) is 24.8 Å². The van der Waals surface area contributed by atoms with Crippen molar-refractivity contribution in [1.29, 1.82) is 0 Å². The first-order valence-corrected chi connectivity index (χ1v) is 20.0. The summed E-state index contributed by atoms with van der Waals surface area (Å²) in [6.07, 6.45) is 20.9. The number of anilines is 2. The highest BCUT2D eigenvalue weighted by Crippen LogP contribution is 2.24. The molecule has 0 saturated carbocycles. The second-order valence-corrected chi connectivity index (χ2v) is 15.5. The van der Waals surface area contributed by atoms with Crippen LogP contribution in [-0.4, -0.2) is 94.5 Å². The van der Waals surface area contributed by atoms with Gasteiger partial charge in [-0.2, -0.15) is 0 Å². The van der Waals surface area contributed by atoms with Gasteiger partial charge in [-0.05, 0) is 47.7 Å². The van der Waals surface area contributed by atoms with Gasteiger partial charge in [-0.15, -0.1) is 0 Å². The first-order valence-electron chi connectivity index (χ1n) is 17.5. The number of benzene rings is 2. The van der Waals surface area contributed by atoms with Crippen molar-refractivity contribution in [3.8, 4) is 0 Å². The van der Waals surface area contributed by atoms with Crippen LogP contribution in [0.15, 0.2) is 103 Å². The van der Waals surface area contributed by atoms with E-state index in [1.54, 1.807) is 9.80 Å². The molecule has 2 heterocycles. The van der Waals surface area contributed by atoms with Crippen LogP contribution >= 0.6 is 21.6 Å². The van der Waals surface area contributed by atoms with E-state index < -0.39 is 0 Å². The summed E-state index contributed by atoms with van der Waals surface area (Å²) < 4.78 is 2.02. The number of carbonyl (C=O) groups is 2. The van der Waals surface area contributed by atoms with E-state index >= 15 is 0 Å². The zero-order valence-corrected chi connectivity index (χ0v) is 32.6. The van der Waals surface area contributed by atoms with E-state index in [2.05, 4.69) is 134 Å². The van der Waals surface area contributed by atoms with Crippen molar-refractivity contribution in [3.05, 3.63) is 120 Å². The van der Waals surface area contributed by atoms with Gasteiger partial charge in [0, 0.05) is 89.5 Å². The molecule has 0 radical (unpaired) electrons. The molecule has 8 nitrogen and oxygen atoms in total. The summed E-state index contributed by atoms with van der Waals surface area (Å²) in [4.78, 5) is 34.9. The van der Waals surface area contributed by atoms with Crippen LogP contribution in [0.2, 0.25) is 0 Å². The average molecular weight is 727 g/mol. The maximum Gasteiger partial charge on any atom is 0.233 e. The van der Waals surface area contributed by atoms with E-state index in [0.717, 1.165) is 42.7 Å². The van der Waals surface area contributed by atoms with E-state index in [0.29, 0.717) is 24.6 Å². The molecular formula is C41H54N6O2S2+2. The molecule has 0 spiro atoms. The minimum Gasteiger partial charge on any atom is -0.374 e. The number of rotatable bonds is 19. The second-order valence-electron chi connectivity index (χ2n) is 13.0. The fraction of sp³-hybridized carbons (Fsp3) is 0.341. The van der Waals surface area contributed by atoms with Crippen LogP contribution < -0.4 is 19.3 Å². The molecule has 0 aliphatic carbocycles. The Morgan fingerprint density at radius 3 is 1.67 bits per heavy atom. The van der Waals surface area contributed by atoms with Gasteiger partial charge in [0.2, 0.25) is 11.8 Å². The van der Waals surface area contributed by atoms with Crippen molar-refractivity contribution < 1.29 is 19.1 Å². The Bertz CT molecular complexity index is 1700. The van der Waals surface area contributed by atoms with Crippen LogP contribution in [0.1, 0.15) is 29.5 Å². The molecule has 3 aromatic rings. The monoisotopic (exact) mass is 726 g/mol. The van der Waals surface area contributed by atoms with Gasteiger partial charge in [0.1, 0.15) is 13.2 Å². The average Bonchev–Trinajstić information content (AvgIpc) is 3.56. The number of hydrogen-bond donors (Lipinski definition) is 1. The number of allylic oxidation sites excluding steroid dienone is 3. The molecule has 0 bridgehead atoms. The molecular weight excluding hydrogens is 673 g/mol. The molecule has 0 saturated heterocycles. The molecule has 270 valence electrons. The van der Waals surface area contributed by atoms with Gasteiger partial charge in [0.25, 0.3) is 0 Å². The standard InChI is InChI=1S/C41H53N6O2S2/c1-42-28-21-34(22-29-42)17-19-36-13-7-9-15-38(36)44(3)24-11-26-46(5)40(48)32-50-51-33-41(49)47(6)27-12-25-45(4)39-16-10-8-14-37(39)20-18-35-23-30-43(2)31-35/h7-10,13-23,28-31H,11-12,24-27,32-33H2,1-6H3/q+1/p+1/b20-18+. The first-order chi connectivity index (χ1) is 24.6. The lowest BCUT2D eigenvalue weighted by Crippen LogP contribution is -2.98. The van der Waals surface area contributed by atoms with Gasteiger partial charge >= 0.3 is 0 Å². The summed E-state index contributed by atoms with van der Waals surface area (Å²) in [6.45, 7) is 3.04. The summed E-state index contributed by atoms with van der Waals surface area (Å²) in [7, 11) is 15.0. The lowest BCUT2D eigenvalue weighted by atomic mass is 10.1. The van der Waals surface area contributed by atoms with Crippen molar-refractivity contribution in [2.45, 2.75) is 12.8 Å². The highest BCUT2D eigenvalue weighted by Gasteiger charge is 2.14. The third-order valence-electron chi connectivity index (χ3n) is 8.82. The normalized spacial score (nSPS) is 13.9. The smallest absolute Gasteiger partial charge is 0.233 e. The number of aryl methyl sites for hydroxylation is 1. The number of hydrogen-bond acceptors (Lipinski definition) is 6. The lowest BCUT2D eigenvalue weighted by molar-refractivity contribution is -0.763. The zero-order chi connectivity index (χ0) is 36.6. The van der Waals surface area contributed by atoms with Crippen molar-refractivity contribution in [2.24, 2.45) is 7.05 Å². The third-order valence-corrected chi connectivity index (χ3v) is 10.9. The number of quaternary nitrogens is 1. The Morgan fingerprint density at radius 2 is 1.18 bits per heavy atom. The molecule has 2 aromatic carbocycles. The fourth-order valence-electron chi connectivity index (χ4n) is 5.62. The predicted octanol–water partition coefficient (Wildman–Crippen LogP) is 5.27. The number of pyridine rings is 1. The van der Waals surface area contributed by atoms with Crippen molar-refractivity contribution in [1.82, 2.24) is 9.80 Å². The minimum absolute atomic E-state index is 0.0820. The molecule has 2 amide bonds. The maximum atomic E-state index is 12.8. The van der Waals surface area contributed by atoms with Crippen LogP contribution in [0.25, 0.3) is 18.2 Å². The SMILES string of the molecule is CN(CCCN(C)c1ccccc1/C=C/C1=C[NH+](C)C=C1)C(=O)CSSCC(=O)N(C)CCCN(C)c1ccccc1/C=C/c1cc[n+](C)cc1. The summed E-state index contributed by atoms with van der Waals surface area (Å²) in [5.74, 6) is 0.868. The molecule has 10 heteroatoms. The molecule has 1 aliphatic rings. The molecule has 1 aromatic heterocycles. The zero-order valence-electron chi connectivity index (χ0n) is 31.0. The number of amides is 2. The maximum absolute atomic E-state index is 12.8. The Hall–Kier alpha value is -4.25. The number of para-hydroxylation sites is 2. The minimum atomic E-state index is 0.0820. The molecule has 1 unspecified atom stereocenters. The Morgan fingerprint density at radius 1 is 0.686 bits per heavy atom. The van der Waals surface area contributed by atoms with E-state index in [4.69, 9.17) is 0 Å². The Labute approximate surface area is 313 Å². The van der Waals surface area contributed by atoms with E-state index in [1.165, 1.54) is 43.3 Å². The van der Waals surface area contributed by atoms with E-state index in [9.17, 15) is 9.59 Å². The Balaban J connectivity index is 1.10. The van der Waals surface area contributed by atoms with Crippen LogP contribution in [0, 0.1) is 0 Å². The second kappa shape index (κ2) is 20.6. The number of nitrogens with zero attached hydrogens (tertiary/aromatic N) is 5. The van der Waals surface area contributed by atoms with Crippen LogP contribution in [-0.2, 0) is 16.6 Å². The van der Waals surface area contributed by atoms with Crippen LogP contribution in [0.3, 0.4) is 0 Å². The van der Waals surface area contributed by atoms with Crippen molar-refractivity contribution in [2.75, 3.05) is 82.7 Å². The number of carbonyl (C=O) groups excluding carboxylic acids is 2. The van der Waals surface area contributed by atoms with Gasteiger partial charge < -0.3 is 19.6 Å². The summed E-state index contributed by atoms with van der Waals surface area (Å²) in [5, 5.41) is 0. The van der Waals surface area contributed by atoms with E-state index in [-0.39, 0.29) is 11.8 Å². The number of nitrogens with one attached hydrogen (secondary N) is 1. The first kappa shape index (κ1) is 39.5. The van der Waals surface area contributed by atoms with Gasteiger partial charge in [-0.25, -0.2) is 4.57 Å². The molecule has 1 atom stereocenters. The number of aromatic nitrogens is 1. The molecule has 1 N–H and O–H groups in total. The Kier molecular flexibility index (Phi) is 15.9. The highest BCUT2D eigenvalue weighted by molar-refractivity contribution is 8.77. The van der Waals surface area contributed by atoms with Gasteiger partial charge in [-0.1, -0.05) is 76.2 Å². The highest BCUT2D eigenvalue weighted by atomic mass is 33.1. The van der Waals surface area contributed by atoms with Gasteiger partial charge in [0.15, 0.2) is 12.4 Å². The topological polar surface area (TPSA) is 55.4 Å². The van der Waals surface area contributed by atoms with Gasteiger partial charge in [-0.3, -0.25) is 14.5 Å². The summed E-state index contributed by atoms with van der Waals surface area (Å²) in [5.41, 5.74) is 7.03. The van der Waals surface area contributed by atoms with Crippen molar-refractivity contribution in [3.63, 3.8) is 0 Å². The third kappa shape index (κ3) is 13.1. The predicted molar refractivity (Wildman–Crippen MR) is 219 cm³/mol. The lowest BCUT2D eigenvalue weighted by Gasteiger charge is -2.24. The van der Waals surface area contributed by atoms with E-state index in [1.807, 2.05) is 38.1 Å². The van der Waals surface area contributed by atoms with Crippen LogP contribution in [0.5, 0.6) is 0 Å². The molecule has 0 fully saturated rings. The largest absolute Gasteiger partial charge is 0.374 e.